The van der Waals surface area contributed by atoms with E-state index in [0.717, 1.165) is 37.1 Å². The quantitative estimate of drug-likeness (QED) is 0.859. The third-order valence-corrected chi connectivity index (χ3v) is 4.83. The molecule has 28 heavy (non-hydrogen) atoms. The van der Waals surface area contributed by atoms with Gasteiger partial charge in [0.2, 0.25) is 0 Å². The molecule has 0 saturated heterocycles. The molecule has 1 aromatic carbocycles. The van der Waals surface area contributed by atoms with Gasteiger partial charge in [-0.1, -0.05) is 18.2 Å². The number of imidazole rings is 1. The summed E-state index contributed by atoms with van der Waals surface area (Å²) in [4.78, 5) is 23.8. The fourth-order valence-corrected chi connectivity index (χ4v) is 3.44. The highest BCUT2D eigenvalue weighted by Crippen LogP contribution is 2.39. The van der Waals surface area contributed by atoms with E-state index in [-0.39, 0.29) is 5.91 Å². The molecule has 7 heteroatoms. The first-order chi connectivity index (χ1) is 13.8. The van der Waals surface area contributed by atoms with Crippen LogP contribution >= 0.6 is 0 Å². The van der Waals surface area contributed by atoms with Crippen LogP contribution in [0, 0.1) is 0 Å². The standard InChI is InChI=1S/C21H22N4O3/c1-27-18-7-6-15(14-8-10-28-11-9-14)16-4-2-3-5-19(24-20(16)18)25-21(26)17-12-22-13-23-17/h3,5-8,12-13H,2,4,9-11H2,1H3,(H,22,23)(H,24,25,26)/b5-3-. The van der Waals surface area contributed by atoms with Crippen LogP contribution in [-0.2, 0) is 11.2 Å². The number of nitrogens with zero attached hydrogens (tertiary/aromatic N) is 2. The first kappa shape index (κ1) is 18.2. The zero-order valence-electron chi connectivity index (χ0n) is 15.7. The molecule has 0 fully saturated rings. The Morgan fingerprint density at radius 1 is 1.32 bits per heavy atom. The van der Waals surface area contributed by atoms with Gasteiger partial charge in [-0.2, -0.15) is 0 Å². The summed E-state index contributed by atoms with van der Waals surface area (Å²) in [6, 6.07) is 4.03. The first-order valence-corrected chi connectivity index (χ1v) is 9.28. The van der Waals surface area contributed by atoms with Crippen molar-refractivity contribution in [2.45, 2.75) is 19.3 Å². The summed E-state index contributed by atoms with van der Waals surface area (Å²) in [5, 5.41) is 2.84. The van der Waals surface area contributed by atoms with Crippen molar-refractivity contribution in [1.82, 2.24) is 15.3 Å². The number of carbonyl (C=O) groups is 1. The molecule has 2 aromatic rings. The number of hydrogen-bond donors (Lipinski definition) is 2. The summed E-state index contributed by atoms with van der Waals surface area (Å²) < 4.78 is 11.0. The van der Waals surface area contributed by atoms with E-state index in [1.807, 2.05) is 18.2 Å². The van der Waals surface area contributed by atoms with Gasteiger partial charge < -0.3 is 19.8 Å². The van der Waals surface area contributed by atoms with Crippen molar-refractivity contribution >= 4 is 23.0 Å². The van der Waals surface area contributed by atoms with Crippen LogP contribution in [0.5, 0.6) is 5.75 Å². The molecular formula is C21H22N4O3. The highest BCUT2D eigenvalue weighted by Gasteiger charge is 2.19. The molecule has 2 aliphatic heterocycles. The van der Waals surface area contributed by atoms with Crippen LogP contribution in [0.15, 0.2) is 47.9 Å². The predicted molar refractivity (Wildman–Crippen MR) is 107 cm³/mol. The Bertz CT molecular complexity index is 958. The van der Waals surface area contributed by atoms with Crippen LogP contribution in [-0.4, -0.2) is 42.0 Å². The number of nitrogens with one attached hydrogen (secondary N) is 2. The minimum absolute atomic E-state index is 0.287. The fraction of sp³-hybridized carbons (Fsp3) is 0.286. The van der Waals surface area contributed by atoms with Gasteiger partial charge in [0.15, 0.2) is 0 Å². The molecule has 144 valence electrons. The molecule has 7 nitrogen and oxygen atoms in total. The molecular weight excluding hydrogens is 356 g/mol. The summed E-state index contributed by atoms with van der Waals surface area (Å²) in [5.41, 5.74) is 4.72. The van der Waals surface area contributed by atoms with Crippen molar-refractivity contribution in [3.8, 4) is 5.75 Å². The minimum atomic E-state index is -0.287. The zero-order valence-corrected chi connectivity index (χ0v) is 15.7. The number of rotatable bonds is 3. The van der Waals surface area contributed by atoms with Gasteiger partial charge in [-0.25, -0.2) is 9.98 Å². The maximum atomic E-state index is 12.4. The lowest BCUT2D eigenvalue weighted by molar-refractivity contribution is 0.0973. The van der Waals surface area contributed by atoms with Crippen molar-refractivity contribution in [1.29, 1.82) is 0 Å². The number of carbonyl (C=O) groups excluding carboxylic acids is 1. The van der Waals surface area contributed by atoms with E-state index in [1.54, 1.807) is 7.11 Å². The molecule has 1 aromatic heterocycles. The lowest BCUT2D eigenvalue weighted by atomic mass is 9.91. The van der Waals surface area contributed by atoms with Crippen LogP contribution in [0.4, 0.5) is 5.69 Å². The van der Waals surface area contributed by atoms with E-state index in [4.69, 9.17) is 14.5 Å². The minimum Gasteiger partial charge on any atom is -0.494 e. The van der Waals surface area contributed by atoms with E-state index < -0.39 is 0 Å². The molecule has 0 saturated carbocycles. The highest BCUT2D eigenvalue weighted by molar-refractivity contribution is 6.10. The lowest BCUT2D eigenvalue weighted by Crippen LogP contribution is -2.29. The number of amidine groups is 1. The number of methoxy groups -OCH3 is 1. The zero-order chi connectivity index (χ0) is 19.3. The Labute approximate surface area is 163 Å². The van der Waals surface area contributed by atoms with Crippen LogP contribution in [0.1, 0.15) is 34.5 Å². The average Bonchev–Trinajstić information content (AvgIpc) is 3.25. The molecule has 3 heterocycles. The SMILES string of the molecule is COc1ccc(C2=CCOCC2)c2c1/N=C(NC(=O)c1cnc[nH]1)\C=C/CC2. The van der Waals surface area contributed by atoms with Crippen molar-refractivity contribution < 1.29 is 14.3 Å². The second kappa shape index (κ2) is 8.22. The van der Waals surface area contributed by atoms with Gasteiger partial charge in [0.25, 0.3) is 5.91 Å². The maximum absolute atomic E-state index is 12.4. The van der Waals surface area contributed by atoms with Gasteiger partial charge in [-0.05, 0) is 48.1 Å². The second-order valence-electron chi connectivity index (χ2n) is 6.55. The number of allylic oxidation sites excluding steroid dienone is 1. The Kier molecular flexibility index (Phi) is 5.34. The van der Waals surface area contributed by atoms with Crippen LogP contribution < -0.4 is 10.1 Å². The molecule has 0 radical (unpaired) electrons. The number of aromatic nitrogens is 2. The molecule has 4 rings (SSSR count). The second-order valence-corrected chi connectivity index (χ2v) is 6.55. The summed E-state index contributed by atoms with van der Waals surface area (Å²) in [6.45, 7) is 1.35. The Morgan fingerprint density at radius 2 is 2.25 bits per heavy atom. The number of fused-ring (bicyclic) bond motifs is 1. The first-order valence-electron chi connectivity index (χ1n) is 9.28. The van der Waals surface area contributed by atoms with Crippen LogP contribution in [0.3, 0.4) is 0 Å². The predicted octanol–water partition coefficient (Wildman–Crippen LogP) is 3.18. The number of H-pyrrole nitrogens is 1. The number of amides is 1. The molecule has 0 bridgehead atoms. The van der Waals surface area contributed by atoms with Gasteiger partial charge >= 0.3 is 0 Å². The van der Waals surface area contributed by atoms with E-state index in [0.29, 0.717) is 23.9 Å². The van der Waals surface area contributed by atoms with Crippen molar-refractivity contribution in [2.75, 3.05) is 20.3 Å². The summed E-state index contributed by atoms with van der Waals surface area (Å²) in [5.74, 6) is 0.872. The van der Waals surface area contributed by atoms with Crippen molar-refractivity contribution in [3.05, 3.63) is 59.7 Å². The monoisotopic (exact) mass is 378 g/mol. The average molecular weight is 378 g/mol. The largest absolute Gasteiger partial charge is 0.494 e. The van der Waals surface area contributed by atoms with E-state index in [1.165, 1.54) is 23.7 Å². The molecule has 0 aliphatic carbocycles. The van der Waals surface area contributed by atoms with Crippen molar-refractivity contribution in [2.24, 2.45) is 4.99 Å². The number of ether oxygens (including phenoxy) is 2. The van der Waals surface area contributed by atoms with E-state index in [2.05, 4.69) is 27.4 Å². The fourth-order valence-electron chi connectivity index (χ4n) is 3.44. The number of hydrogen-bond acceptors (Lipinski definition) is 5. The topological polar surface area (TPSA) is 88.6 Å². The molecule has 0 unspecified atom stereocenters. The third kappa shape index (κ3) is 3.75. The maximum Gasteiger partial charge on any atom is 0.274 e. The normalized spacial score (nSPS) is 19.3. The van der Waals surface area contributed by atoms with E-state index >= 15 is 0 Å². The summed E-state index contributed by atoms with van der Waals surface area (Å²) in [7, 11) is 1.63. The molecule has 0 spiro atoms. The van der Waals surface area contributed by atoms with Gasteiger partial charge in [-0.15, -0.1) is 0 Å². The Balaban J connectivity index is 1.75. The Morgan fingerprint density at radius 3 is 3.00 bits per heavy atom. The van der Waals surface area contributed by atoms with Gasteiger partial charge in [0.1, 0.15) is 23.0 Å². The number of benzene rings is 1. The summed E-state index contributed by atoms with van der Waals surface area (Å²) >= 11 is 0. The van der Waals surface area contributed by atoms with Gasteiger partial charge in [0.05, 0.1) is 32.8 Å². The molecule has 0 atom stereocenters. The summed E-state index contributed by atoms with van der Waals surface area (Å²) in [6.07, 6.45) is 11.5. The van der Waals surface area contributed by atoms with Gasteiger partial charge in [-0.3, -0.25) is 4.79 Å². The number of aliphatic imine (C=N–C) groups is 1. The number of aromatic amines is 1. The van der Waals surface area contributed by atoms with Crippen molar-refractivity contribution in [3.63, 3.8) is 0 Å². The van der Waals surface area contributed by atoms with Crippen LogP contribution in [0.2, 0.25) is 0 Å². The molecule has 1 amide bonds. The molecule has 2 N–H and O–H groups in total. The smallest absolute Gasteiger partial charge is 0.274 e. The highest BCUT2D eigenvalue weighted by atomic mass is 16.5. The Hall–Kier alpha value is -3.19. The third-order valence-electron chi connectivity index (χ3n) is 4.83. The lowest BCUT2D eigenvalue weighted by Gasteiger charge is -2.21. The van der Waals surface area contributed by atoms with Gasteiger partial charge in [0, 0.05) is 0 Å². The van der Waals surface area contributed by atoms with E-state index in [9.17, 15) is 4.79 Å². The van der Waals surface area contributed by atoms with Crippen LogP contribution in [0.25, 0.3) is 5.57 Å². The molecule has 2 aliphatic rings.